The van der Waals surface area contributed by atoms with Gasteiger partial charge in [0.1, 0.15) is 18.1 Å². The second-order valence-corrected chi connectivity index (χ2v) is 6.89. The van der Waals surface area contributed by atoms with Crippen molar-refractivity contribution < 1.29 is 14.3 Å². The number of alkyl halides is 1. The molecule has 6 heteroatoms. The highest BCUT2D eigenvalue weighted by molar-refractivity contribution is 9.09. The number of halogens is 2. The molecular formula is C20H19BrClNO3. The summed E-state index contributed by atoms with van der Waals surface area (Å²) in [6.07, 6.45) is 5.36. The maximum absolute atomic E-state index is 12.6. The van der Waals surface area contributed by atoms with Gasteiger partial charge in [-0.1, -0.05) is 39.7 Å². The number of hydrogen-bond acceptors (Lipinski definition) is 3. The molecule has 1 heterocycles. The monoisotopic (exact) mass is 435 g/mol. The smallest absolute Gasteiger partial charge is 0.419 e. The van der Waals surface area contributed by atoms with Crippen LogP contribution in [0.4, 0.5) is 10.5 Å². The Bertz CT molecular complexity index is 792. The quantitative estimate of drug-likeness (QED) is 0.451. The third kappa shape index (κ3) is 4.80. The van der Waals surface area contributed by atoms with Gasteiger partial charge >= 0.3 is 6.09 Å². The third-order valence-corrected chi connectivity index (χ3v) is 4.64. The fourth-order valence-electron chi connectivity index (χ4n) is 2.79. The Morgan fingerprint density at radius 1 is 1.15 bits per heavy atom. The summed E-state index contributed by atoms with van der Waals surface area (Å²) in [5.41, 5.74) is 1.96. The number of carbonyl (C=O) groups excluding carboxylic acids is 1. The molecule has 0 unspecified atom stereocenters. The fraction of sp³-hybridized carbons (Fsp3) is 0.250. The SMILES string of the molecule is O=C(Oc1ccc(Cl)cc1)N1CCCc2cc(OC/C=C/CBr)ccc21. The minimum absolute atomic E-state index is 0.387. The zero-order valence-corrected chi connectivity index (χ0v) is 16.5. The molecular weight excluding hydrogens is 418 g/mol. The van der Waals surface area contributed by atoms with Crippen molar-refractivity contribution >= 4 is 39.3 Å². The summed E-state index contributed by atoms with van der Waals surface area (Å²) >= 11 is 9.20. The number of ether oxygens (including phenoxy) is 2. The van der Waals surface area contributed by atoms with Gasteiger partial charge in [-0.05, 0) is 60.9 Å². The Kier molecular flexibility index (Phi) is 6.58. The van der Waals surface area contributed by atoms with Gasteiger partial charge in [0.25, 0.3) is 0 Å². The number of fused-ring (bicyclic) bond motifs is 1. The number of amides is 1. The molecule has 0 saturated heterocycles. The summed E-state index contributed by atoms with van der Waals surface area (Å²) in [4.78, 5) is 14.2. The minimum Gasteiger partial charge on any atom is -0.490 e. The molecule has 2 aromatic rings. The Hall–Kier alpha value is -1.98. The van der Waals surface area contributed by atoms with Crippen LogP contribution >= 0.6 is 27.5 Å². The molecule has 1 aliphatic rings. The van der Waals surface area contributed by atoms with Crippen molar-refractivity contribution in [3.63, 3.8) is 0 Å². The van der Waals surface area contributed by atoms with Gasteiger partial charge in [0.05, 0.1) is 5.69 Å². The van der Waals surface area contributed by atoms with Crippen molar-refractivity contribution in [3.05, 3.63) is 65.2 Å². The summed E-state index contributed by atoms with van der Waals surface area (Å²) in [5.74, 6) is 1.28. The highest BCUT2D eigenvalue weighted by Gasteiger charge is 2.24. The first-order valence-electron chi connectivity index (χ1n) is 8.39. The molecule has 0 radical (unpaired) electrons. The van der Waals surface area contributed by atoms with E-state index in [1.54, 1.807) is 29.2 Å². The molecule has 0 aromatic heterocycles. The van der Waals surface area contributed by atoms with Crippen LogP contribution in [0.25, 0.3) is 0 Å². The van der Waals surface area contributed by atoms with Crippen molar-refractivity contribution in [2.24, 2.45) is 0 Å². The van der Waals surface area contributed by atoms with Gasteiger partial charge < -0.3 is 9.47 Å². The van der Waals surface area contributed by atoms with E-state index in [1.807, 2.05) is 30.4 Å². The van der Waals surface area contributed by atoms with Crippen LogP contribution in [0.2, 0.25) is 5.02 Å². The number of rotatable bonds is 5. The molecule has 0 fully saturated rings. The van der Waals surface area contributed by atoms with Gasteiger partial charge in [-0.15, -0.1) is 0 Å². The number of benzene rings is 2. The average Bonchev–Trinajstić information content (AvgIpc) is 2.66. The molecule has 0 atom stereocenters. The topological polar surface area (TPSA) is 38.8 Å². The predicted octanol–water partition coefficient (Wildman–Crippen LogP) is 5.62. The summed E-state index contributed by atoms with van der Waals surface area (Å²) in [6.45, 7) is 1.15. The van der Waals surface area contributed by atoms with Crippen molar-refractivity contribution in [1.29, 1.82) is 0 Å². The number of aryl methyl sites for hydroxylation is 1. The normalized spacial score (nSPS) is 13.5. The van der Waals surface area contributed by atoms with Crippen molar-refractivity contribution in [1.82, 2.24) is 0 Å². The maximum Gasteiger partial charge on any atom is 0.419 e. The first-order chi connectivity index (χ1) is 12.7. The molecule has 0 spiro atoms. The zero-order chi connectivity index (χ0) is 18.4. The molecule has 1 amide bonds. The van der Waals surface area contributed by atoms with Crippen LogP contribution in [-0.4, -0.2) is 24.6 Å². The Labute approximate surface area is 166 Å². The lowest BCUT2D eigenvalue weighted by Crippen LogP contribution is -2.37. The molecule has 0 aliphatic carbocycles. The summed E-state index contributed by atoms with van der Waals surface area (Å²) < 4.78 is 11.2. The second kappa shape index (κ2) is 9.10. The Morgan fingerprint density at radius 2 is 1.92 bits per heavy atom. The third-order valence-electron chi connectivity index (χ3n) is 4.01. The van der Waals surface area contributed by atoms with E-state index in [0.717, 1.165) is 35.2 Å². The molecule has 0 saturated carbocycles. The van der Waals surface area contributed by atoms with Gasteiger partial charge in [-0.3, -0.25) is 4.90 Å². The fourth-order valence-corrected chi connectivity index (χ4v) is 3.18. The van der Waals surface area contributed by atoms with E-state index in [4.69, 9.17) is 21.1 Å². The van der Waals surface area contributed by atoms with Gasteiger partial charge in [-0.2, -0.15) is 0 Å². The largest absolute Gasteiger partial charge is 0.490 e. The van der Waals surface area contributed by atoms with Crippen LogP contribution in [0.15, 0.2) is 54.6 Å². The Morgan fingerprint density at radius 3 is 2.69 bits per heavy atom. The van der Waals surface area contributed by atoms with Gasteiger partial charge in [0.15, 0.2) is 0 Å². The van der Waals surface area contributed by atoms with E-state index in [-0.39, 0.29) is 6.09 Å². The lowest BCUT2D eigenvalue weighted by atomic mass is 10.0. The van der Waals surface area contributed by atoms with Crippen LogP contribution in [0.3, 0.4) is 0 Å². The van der Waals surface area contributed by atoms with E-state index in [2.05, 4.69) is 15.9 Å². The predicted molar refractivity (Wildman–Crippen MR) is 108 cm³/mol. The van der Waals surface area contributed by atoms with Crippen LogP contribution in [0.1, 0.15) is 12.0 Å². The maximum atomic E-state index is 12.6. The Balaban J connectivity index is 1.70. The minimum atomic E-state index is -0.387. The average molecular weight is 437 g/mol. The molecule has 0 bridgehead atoms. The number of nitrogens with zero attached hydrogens (tertiary/aromatic N) is 1. The number of anilines is 1. The lowest BCUT2D eigenvalue weighted by molar-refractivity contribution is 0.207. The number of carbonyl (C=O) groups is 1. The van der Waals surface area contributed by atoms with E-state index in [9.17, 15) is 4.79 Å². The van der Waals surface area contributed by atoms with E-state index < -0.39 is 0 Å². The molecule has 0 N–H and O–H groups in total. The van der Waals surface area contributed by atoms with E-state index in [1.165, 1.54) is 0 Å². The first-order valence-corrected chi connectivity index (χ1v) is 9.89. The lowest BCUT2D eigenvalue weighted by Gasteiger charge is -2.29. The van der Waals surface area contributed by atoms with Crippen molar-refractivity contribution in [2.75, 3.05) is 23.4 Å². The second-order valence-electron chi connectivity index (χ2n) is 5.80. The van der Waals surface area contributed by atoms with Crippen LogP contribution < -0.4 is 14.4 Å². The molecule has 1 aliphatic heterocycles. The molecule has 4 nitrogen and oxygen atoms in total. The van der Waals surface area contributed by atoms with Crippen LogP contribution in [-0.2, 0) is 6.42 Å². The summed E-state index contributed by atoms with van der Waals surface area (Å²) in [6, 6.07) is 12.6. The van der Waals surface area contributed by atoms with Crippen molar-refractivity contribution in [3.8, 4) is 11.5 Å². The molecule has 2 aromatic carbocycles. The summed E-state index contributed by atoms with van der Waals surface area (Å²) in [7, 11) is 0. The highest BCUT2D eigenvalue weighted by Crippen LogP contribution is 2.31. The van der Waals surface area contributed by atoms with Gasteiger partial charge in [-0.25, -0.2) is 4.79 Å². The molecule has 3 rings (SSSR count). The van der Waals surface area contributed by atoms with E-state index >= 15 is 0 Å². The van der Waals surface area contributed by atoms with E-state index in [0.29, 0.717) is 23.9 Å². The molecule has 26 heavy (non-hydrogen) atoms. The number of hydrogen-bond donors (Lipinski definition) is 0. The highest BCUT2D eigenvalue weighted by atomic mass is 79.9. The van der Waals surface area contributed by atoms with Crippen LogP contribution in [0, 0.1) is 0 Å². The molecule has 136 valence electrons. The van der Waals surface area contributed by atoms with Gasteiger partial charge in [0, 0.05) is 16.9 Å². The van der Waals surface area contributed by atoms with Crippen molar-refractivity contribution in [2.45, 2.75) is 12.8 Å². The zero-order valence-electron chi connectivity index (χ0n) is 14.2. The van der Waals surface area contributed by atoms with Gasteiger partial charge in [0.2, 0.25) is 0 Å². The number of allylic oxidation sites excluding steroid dienone is 1. The summed E-state index contributed by atoms with van der Waals surface area (Å²) in [5, 5.41) is 1.41. The van der Waals surface area contributed by atoms with Crippen LogP contribution in [0.5, 0.6) is 11.5 Å². The first kappa shape index (κ1) is 18.8. The standard InChI is InChI=1S/C20H19BrClNO3/c21-11-1-2-13-25-18-9-10-19-15(14-18)4-3-12-23(19)20(24)26-17-7-5-16(22)6-8-17/h1-2,5-10,14H,3-4,11-13H2/b2-1+.